The first-order valence-corrected chi connectivity index (χ1v) is 15.5. The Hall–Kier alpha value is -1.66. The Kier molecular flexibility index (Phi) is 7.82. The number of nitrogens with one attached hydrogen (secondary N) is 2. The predicted octanol–water partition coefficient (Wildman–Crippen LogP) is 4.44. The molecule has 0 radical (unpaired) electrons. The molecule has 2 aliphatic rings. The van der Waals surface area contributed by atoms with E-state index in [-0.39, 0.29) is 35.3 Å². The van der Waals surface area contributed by atoms with Crippen LogP contribution in [0.3, 0.4) is 0 Å². The number of carbonyl (C=O) groups is 2. The zero-order chi connectivity index (χ0) is 25.4. The van der Waals surface area contributed by atoms with Gasteiger partial charge in [-0.1, -0.05) is 20.8 Å². The molecule has 1 aliphatic carbocycles. The van der Waals surface area contributed by atoms with Crippen molar-refractivity contribution in [2.24, 2.45) is 11.3 Å². The van der Waals surface area contributed by atoms with E-state index >= 15 is 0 Å². The van der Waals surface area contributed by atoms with E-state index in [0.717, 1.165) is 33.3 Å². The van der Waals surface area contributed by atoms with Crippen molar-refractivity contribution >= 4 is 60.6 Å². The van der Waals surface area contributed by atoms with Crippen LogP contribution in [0.2, 0.25) is 0 Å². The Morgan fingerprint density at radius 1 is 1.17 bits per heavy atom. The summed E-state index contributed by atoms with van der Waals surface area (Å²) in [5.41, 5.74) is 1.60. The van der Waals surface area contributed by atoms with Crippen LogP contribution in [0.4, 0.5) is 5.00 Å². The first kappa shape index (κ1) is 26.4. The lowest BCUT2D eigenvalue weighted by molar-refractivity contribution is -0.118. The van der Waals surface area contributed by atoms with Crippen LogP contribution < -0.4 is 15.4 Å². The molecule has 4 rings (SSSR count). The van der Waals surface area contributed by atoms with Crippen molar-refractivity contribution in [3.63, 3.8) is 0 Å². The Balaban J connectivity index is 1.54. The Labute approximate surface area is 224 Å². The minimum Gasteiger partial charge on any atom is -0.484 e. The van der Waals surface area contributed by atoms with Crippen LogP contribution in [0.5, 0.6) is 5.75 Å². The maximum absolute atomic E-state index is 13.4. The van der Waals surface area contributed by atoms with E-state index in [1.165, 1.54) is 11.3 Å². The van der Waals surface area contributed by atoms with Gasteiger partial charge in [-0.05, 0) is 89.4 Å². The topological polar surface area (TPSA) is 102 Å². The predicted molar refractivity (Wildman–Crippen MR) is 147 cm³/mol. The van der Waals surface area contributed by atoms with Crippen molar-refractivity contribution in [3.05, 3.63) is 43.8 Å². The van der Waals surface area contributed by atoms with Gasteiger partial charge in [0.1, 0.15) is 10.8 Å². The van der Waals surface area contributed by atoms with Gasteiger partial charge in [-0.3, -0.25) is 9.59 Å². The number of anilines is 1. The second-order valence-electron chi connectivity index (χ2n) is 10.4. The van der Waals surface area contributed by atoms with E-state index in [4.69, 9.17) is 4.74 Å². The van der Waals surface area contributed by atoms with Crippen molar-refractivity contribution in [2.45, 2.75) is 52.5 Å². The van der Waals surface area contributed by atoms with Crippen LogP contribution in [-0.4, -0.2) is 44.4 Å². The number of fused-ring (bicyclic) bond motifs is 1. The number of halogens is 1. The van der Waals surface area contributed by atoms with E-state index in [9.17, 15) is 18.0 Å². The molecule has 0 bridgehead atoms. The summed E-state index contributed by atoms with van der Waals surface area (Å²) in [6.45, 7) is 6.52. The zero-order valence-corrected chi connectivity index (χ0v) is 23.9. The molecule has 2 atom stereocenters. The lowest BCUT2D eigenvalue weighted by Gasteiger charge is -2.33. The number of carbonyl (C=O) groups excluding carboxylic acids is 2. The molecule has 35 heavy (non-hydrogen) atoms. The zero-order valence-electron chi connectivity index (χ0n) is 20.1. The highest BCUT2D eigenvalue weighted by Crippen LogP contribution is 2.44. The third-order valence-electron chi connectivity index (χ3n) is 6.72. The standard InChI is InChI=1S/C25H31IN2O5S2/c1-25(2,3)15-4-9-19-20(12-15)34-24(22(19)23(30)27-17-10-11-35(31,32)14-17)28-21(29)13-33-18-7-5-16(26)6-8-18/h5-8,15,17H,4,9-14H2,1-3H3,(H,27,30)(H,28,29). The summed E-state index contributed by atoms with van der Waals surface area (Å²) in [5, 5.41) is 6.32. The number of hydrogen-bond acceptors (Lipinski definition) is 6. The summed E-state index contributed by atoms with van der Waals surface area (Å²) in [6.07, 6.45) is 3.00. The first-order valence-electron chi connectivity index (χ1n) is 11.8. The number of sulfone groups is 1. The molecular weight excluding hydrogens is 599 g/mol. The van der Waals surface area contributed by atoms with Crippen LogP contribution in [0, 0.1) is 14.9 Å². The van der Waals surface area contributed by atoms with Crippen molar-refractivity contribution in [1.29, 1.82) is 0 Å². The molecule has 1 aliphatic heterocycles. The van der Waals surface area contributed by atoms with E-state index in [1.54, 1.807) is 12.1 Å². The molecule has 10 heteroatoms. The molecule has 1 aromatic heterocycles. The van der Waals surface area contributed by atoms with Crippen LogP contribution in [0.25, 0.3) is 0 Å². The van der Waals surface area contributed by atoms with Gasteiger partial charge in [-0.25, -0.2) is 8.42 Å². The van der Waals surface area contributed by atoms with E-state index < -0.39 is 15.9 Å². The smallest absolute Gasteiger partial charge is 0.262 e. The van der Waals surface area contributed by atoms with Crippen molar-refractivity contribution in [2.75, 3.05) is 23.4 Å². The summed E-state index contributed by atoms with van der Waals surface area (Å²) in [7, 11) is -3.12. The van der Waals surface area contributed by atoms with Crippen LogP contribution in [0.1, 0.15) is 54.4 Å². The highest BCUT2D eigenvalue weighted by Gasteiger charge is 2.36. The van der Waals surface area contributed by atoms with Crippen molar-refractivity contribution < 1.29 is 22.7 Å². The molecule has 0 spiro atoms. The van der Waals surface area contributed by atoms with Crippen LogP contribution >= 0.6 is 33.9 Å². The maximum atomic E-state index is 13.4. The number of amides is 2. The highest BCUT2D eigenvalue weighted by atomic mass is 127. The van der Waals surface area contributed by atoms with Gasteiger partial charge in [0.25, 0.3) is 11.8 Å². The molecule has 7 nitrogen and oxygen atoms in total. The van der Waals surface area contributed by atoms with Crippen molar-refractivity contribution in [3.8, 4) is 5.75 Å². The van der Waals surface area contributed by atoms with Crippen LogP contribution in [-0.2, 0) is 27.5 Å². The number of thiophene rings is 1. The van der Waals surface area contributed by atoms with Gasteiger partial charge >= 0.3 is 0 Å². The van der Waals surface area contributed by atoms with Gasteiger partial charge in [0.15, 0.2) is 16.4 Å². The van der Waals surface area contributed by atoms with Crippen molar-refractivity contribution in [1.82, 2.24) is 5.32 Å². The number of rotatable bonds is 6. The minimum absolute atomic E-state index is 0.0390. The normalized spacial score (nSPS) is 21.3. The first-order chi connectivity index (χ1) is 16.4. The molecule has 2 N–H and O–H groups in total. The summed E-state index contributed by atoms with van der Waals surface area (Å²) >= 11 is 3.65. The van der Waals surface area contributed by atoms with E-state index in [2.05, 4.69) is 54.0 Å². The van der Waals surface area contributed by atoms with Gasteiger partial charge < -0.3 is 15.4 Å². The van der Waals surface area contributed by atoms with Gasteiger partial charge in [0.05, 0.1) is 17.1 Å². The molecule has 190 valence electrons. The van der Waals surface area contributed by atoms with Gasteiger partial charge in [-0.15, -0.1) is 11.3 Å². The quantitative estimate of drug-likeness (QED) is 0.460. The number of benzene rings is 1. The average molecular weight is 631 g/mol. The van der Waals surface area contributed by atoms with Gasteiger partial charge in [0, 0.05) is 14.5 Å². The largest absolute Gasteiger partial charge is 0.484 e. The summed E-state index contributed by atoms with van der Waals surface area (Å²) in [6, 6.07) is 7.01. The third-order valence-corrected chi connectivity index (χ3v) is 10.4. The Bertz CT molecular complexity index is 1220. The number of ether oxygens (including phenoxy) is 1. The summed E-state index contributed by atoms with van der Waals surface area (Å²) in [4.78, 5) is 27.2. The number of hydrogen-bond donors (Lipinski definition) is 2. The molecule has 1 saturated heterocycles. The summed E-state index contributed by atoms with van der Waals surface area (Å²) < 4.78 is 30.4. The summed E-state index contributed by atoms with van der Waals surface area (Å²) in [5.74, 6) is 0.478. The Morgan fingerprint density at radius 3 is 2.51 bits per heavy atom. The fourth-order valence-corrected chi connectivity index (χ4v) is 8.04. The fourth-order valence-electron chi connectivity index (χ4n) is 4.66. The maximum Gasteiger partial charge on any atom is 0.262 e. The Morgan fingerprint density at radius 2 is 1.89 bits per heavy atom. The molecule has 0 saturated carbocycles. The molecule has 1 aromatic carbocycles. The van der Waals surface area contributed by atoms with Crippen LogP contribution in [0.15, 0.2) is 24.3 Å². The molecule has 2 unspecified atom stereocenters. The molecular formula is C25H31IN2O5S2. The lowest BCUT2D eigenvalue weighted by atomic mass is 9.72. The average Bonchev–Trinajstić information content (AvgIpc) is 3.30. The van der Waals surface area contributed by atoms with Gasteiger partial charge in [0.2, 0.25) is 0 Å². The second kappa shape index (κ2) is 10.4. The second-order valence-corrected chi connectivity index (χ2v) is 15.0. The molecule has 1 fully saturated rings. The molecule has 2 aromatic rings. The monoisotopic (exact) mass is 630 g/mol. The molecule has 2 amide bonds. The lowest BCUT2D eigenvalue weighted by Crippen LogP contribution is -2.36. The van der Waals surface area contributed by atoms with E-state index in [1.807, 2.05) is 12.1 Å². The van der Waals surface area contributed by atoms with E-state index in [0.29, 0.717) is 28.7 Å². The molecule has 2 heterocycles. The third kappa shape index (κ3) is 6.56. The highest BCUT2D eigenvalue weighted by molar-refractivity contribution is 14.1. The minimum atomic E-state index is -3.12. The SMILES string of the molecule is CC(C)(C)C1CCc2c(sc(NC(=O)COc3ccc(I)cc3)c2C(=O)NC2CCS(=O)(=O)C2)C1. The van der Waals surface area contributed by atoms with Gasteiger partial charge in [-0.2, -0.15) is 0 Å². The fraction of sp³-hybridized carbons (Fsp3) is 0.520.